The number of amides is 1. The van der Waals surface area contributed by atoms with Gasteiger partial charge in [-0.1, -0.05) is 18.2 Å². The van der Waals surface area contributed by atoms with Gasteiger partial charge in [-0.2, -0.15) is 4.98 Å². The number of rotatable bonds is 4. The second-order valence-electron chi connectivity index (χ2n) is 7.85. The first-order chi connectivity index (χ1) is 15.2. The lowest BCUT2D eigenvalue weighted by molar-refractivity contribution is 0.0732. The molecule has 0 saturated carbocycles. The standard InChI is InChI=1S/C24H23FN4O2/c25-18-8-10-19(11-9-18)31-22-20-16-29(23(30)17-6-2-1-3-7-17)15-12-21(20)26-24(27-22)28-13-4-5-14-28/h1-3,6-11H,4-5,12-16H2. The Hall–Kier alpha value is -3.48. The van der Waals surface area contributed by atoms with Crippen LogP contribution in [0.15, 0.2) is 54.6 Å². The Kier molecular flexibility index (Phi) is 5.24. The van der Waals surface area contributed by atoms with E-state index in [1.54, 1.807) is 17.0 Å². The van der Waals surface area contributed by atoms with Crippen LogP contribution in [-0.2, 0) is 13.0 Å². The van der Waals surface area contributed by atoms with E-state index in [1.165, 1.54) is 12.1 Å². The summed E-state index contributed by atoms with van der Waals surface area (Å²) in [4.78, 5) is 26.5. The minimum Gasteiger partial charge on any atom is -0.438 e. The maximum absolute atomic E-state index is 13.3. The van der Waals surface area contributed by atoms with E-state index in [9.17, 15) is 9.18 Å². The van der Waals surface area contributed by atoms with E-state index in [-0.39, 0.29) is 11.7 Å². The molecular formula is C24H23FN4O2. The van der Waals surface area contributed by atoms with Gasteiger partial charge in [-0.15, -0.1) is 0 Å². The number of halogens is 1. The van der Waals surface area contributed by atoms with Crippen molar-refractivity contribution < 1.29 is 13.9 Å². The van der Waals surface area contributed by atoms with Crippen molar-refractivity contribution in [2.24, 2.45) is 0 Å². The Balaban J connectivity index is 1.48. The fourth-order valence-electron chi connectivity index (χ4n) is 4.07. The third-order valence-corrected chi connectivity index (χ3v) is 5.74. The number of anilines is 1. The zero-order valence-electron chi connectivity index (χ0n) is 17.1. The highest BCUT2D eigenvalue weighted by Crippen LogP contribution is 2.32. The summed E-state index contributed by atoms with van der Waals surface area (Å²) in [5.74, 6) is 1.25. The predicted molar refractivity (Wildman–Crippen MR) is 115 cm³/mol. The van der Waals surface area contributed by atoms with Gasteiger partial charge in [-0.3, -0.25) is 4.79 Å². The molecule has 0 N–H and O–H groups in total. The van der Waals surface area contributed by atoms with E-state index in [1.807, 2.05) is 30.3 Å². The molecule has 0 bridgehead atoms. The normalized spacial score (nSPS) is 15.6. The van der Waals surface area contributed by atoms with Crippen LogP contribution in [0.4, 0.5) is 10.3 Å². The lowest BCUT2D eigenvalue weighted by Crippen LogP contribution is -2.37. The molecule has 6 nitrogen and oxygen atoms in total. The number of aromatic nitrogens is 2. The van der Waals surface area contributed by atoms with Crippen LogP contribution < -0.4 is 9.64 Å². The minimum atomic E-state index is -0.325. The van der Waals surface area contributed by atoms with Crippen molar-refractivity contribution in [3.8, 4) is 11.6 Å². The summed E-state index contributed by atoms with van der Waals surface area (Å²) in [6.45, 7) is 2.81. The molecule has 0 spiro atoms. The lowest BCUT2D eigenvalue weighted by atomic mass is 10.1. The molecule has 2 aromatic carbocycles. The smallest absolute Gasteiger partial charge is 0.254 e. The fourth-order valence-corrected chi connectivity index (χ4v) is 4.07. The van der Waals surface area contributed by atoms with Crippen molar-refractivity contribution in [3.63, 3.8) is 0 Å². The Morgan fingerprint density at radius 1 is 0.935 bits per heavy atom. The average molecular weight is 418 g/mol. The van der Waals surface area contributed by atoms with E-state index in [0.717, 1.165) is 37.2 Å². The van der Waals surface area contributed by atoms with Crippen LogP contribution in [0, 0.1) is 5.82 Å². The van der Waals surface area contributed by atoms with Crippen molar-refractivity contribution in [3.05, 3.63) is 77.2 Å². The molecule has 0 radical (unpaired) electrons. The second-order valence-corrected chi connectivity index (χ2v) is 7.85. The van der Waals surface area contributed by atoms with Gasteiger partial charge in [-0.05, 0) is 49.2 Å². The van der Waals surface area contributed by atoms with Gasteiger partial charge >= 0.3 is 0 Å². The van der Waals surface area contributed by atoms with Crippen LogP contribution in [0.5, 0.6) is 11.6 Å². The SMILES string of the molecule is O=C(c1ccccc1)N1CCc2nc(N3CCCC3)nc(Oc3ccc(F)cc3)c2C1. The first-order valence-corrected chi connectivity index (χ1v) is 10.6. The zero-order valence-corrected chi connectivity index (χ0v) is 17.1. The van der Waals surface area contributed by atoms with Gasteiger partial charge < -0.3 is 14.5 Å². The van der Waals surface area contributed by atoms with Gasteiger partial charge in [0.15, 0.2) is 0 Å². The van der Waals surface area contributed by atoms with Crippen LogP contribution in [-0.4, -0.2) is 40.4 Å². The zero-order chi connectivity index (χ0) is 21.2. The highest BCUT2D eigenvalue weighted by atomic mass is 19.1. The summed E-state index contributed by atoms with van der Waals surface area (Å²) in [5, 5.41) is 0. The van der Waals surface area contributed by atoms with Crippen molar-refractivity contribution >= 4 is 11.9 Å². The molecular weight excluding hydrogens is 395 g/mol. The van der Waals surface area contributed by atoms with Crippen molar-refractivity contribution in [1.29, 1.82) is 0 Å². The van der Waals surface area contributed by atoms with Crippen molar-refractivity contribution in [2.45, 2.75) is 25.8 Å². The Morgan fingerprint density at radius 2 is 1.68 bits per heavy atom. The molecule has 158 valence electrons. The molecule has 1 saturated heterocycles. The quantitative estimate of drug-likeness (QED) is 0.635. The highest BCUT2D eigenvalue weighted by molar-refractivity contribution is 5.94. The number of ether oxygens (including phenoxy) is 1. The summed E-state index contributed by atoms with van der Waals surface area (Å²) in [6, 6.07) is 15.1. The van der Waals surface area contributed by atoms with Gasteiger partial charge in [0.25, 0.3) is 5.91 Å². The highest BCUT2D eigenvalue weighted by Gasteiger charge is 2.28. The number of fused-ring (bicyclic) bond motifs is 1. The predicted octanol–water partition coefficient (Wildman–Crippen LogP) is 4.21. The van der Waals surface area contributed by atoms with Crippen LogP contribution >= 0.6 is 0 Å². The summed E-state index contributed by atoms with van der Waals surface area (Å²) in [7, 11) is 0. The van der Waals surface area contributed by atoms with Gasteiger partial charge in [-0.25, -0.2) is 9.37 Å². The first-order valence-electron chi connectivity index (χ1n) is 10.6. The Labute approximate surface area is 180 Å². The molecule has 3 heterocycles. The molecule has 0 atom stereocenters. The van der Waals surface area contributed by atoms with Crippen molar-refractivity contribution in [1.82, 2.24) is 14.9 Å². The number of carbonyl (C=O) groups is 1. The van der Waals surface area contributed by atoms with Gasteiger partial charge in [0.2, 0.25) is 11.8 Å². The number of hydrogen-bond acceptors (Lipinski definition) is 5. The van der Waals surface area contributed by atoms with Crippen molar-refractivity contribution in [2.75, 3.05) is 24.5 Å². The molecule has 2 aliphatic heterocycles. The number of benzene rings is 2. The number of hydrogen-bond donors (Lipinski definition) is 0. The average Bonchev–Trinajstić information content (AvgIpc) is 3.35. The van der Waals surface area contributed by atoms with E-state index >= 15 is 0 Å². The van der Waals surface area contributed by atoms with Gasteiger partial charge in [0, 0.05) is 31.6 Å². The Bertz CT molecular complexity index is 1080. The topological polar surface area (TPSA) is 58.6 Å². The third-order valence-electron chi connectivity index (χ3n) is 5.74. The summed E-state index contributed by atoms with van der Waals surface area (Å²) < 4.78 is 19.4. The molecule has 0 unspecified atom stereocenters. The molecule has 3 aromatic rings. The molecule has 0 aliphatic carbocycles. The fraction of sp³-hybridized carbons (Fsp3) is 0.292. The molecule has 31 heavy (non-hydrogen) atoms. The Morgan fingerprint density at radius 3 is 2.42 bits per heavy atom. The summed E-state index contributed by atoms with van der Waals surface area (Å²) in [5.41, 5.74) is 2.37. The summed E-state index contributed by atoms with van der Waals surface area (Å²) in [6.07, 6.45) is 2.87. The molecule has 1 aromatic heterocycles. The summed E-state index contributed by atoms with van der Waals surface area (Å²) >= 11 is 0. The number of carbonyl (C=O) groups excluding carboxylic acids is 1. The van der Waals surface area contributed by atoms with Gasteiger partial charge in [0.1, 0.15) is 11.6 Å². The minimum absolute atomic E-state index is 0.0254. The largest absolute Gasteiger partial charge is 0.438 e. The molecule has 5 rings (SSSR count). The first kappa shape index (κ1) is 19.5. The maximum Gasteiger partial charge on any atom is 0.254 e. The van der Waals surface area contributed by atoms with E-state index in [4.69, 9.17) is 14.7 Å². The molecule has 7 heteroatoms. The van der Waals surface area contributed by atoms with E-state index in [2.05, 4.69) is 4.90 Å². The van der Waals surface area contributed by atoms with Gasteiger partial charge in [0.05, 0.1) is 17.8 Å². The second kappa shape index (κ2) is 8.34. The van der Waals surface area contributed by atoms with Crippen LogP contribution in [0.1, 0.15) is 34.5 Å². The van der Waals surface area contributed by atoms with E-state index in [0.29, 0.717) is 42.7 Å². The molecule has 1 fully saturated rings. The van der Waals surface area contributed by atoms with E-state index < -0.39 is 0 Å². The molecule has 2 aliphatic rings. The van der Waals surface area contributed by atoms with Crippen LogP contribution in [0.2, 0.25) is 0 Å². The monoisotopic (exact) mass is 418 g/mol. The van der Waals surface area contributed by atoms with Crippen LogP contribution in [0.25, 0.3) is 0 Å². The molecule has 1 amide bonds. The maximum atomic E-state index is 13.3. The lowest BCUT2D eigenvalue weighted by Gasteiger charge is -2.30. The van der Waals surface area contributed by atoms with Crippen LogP contribution in [0.3, 0.4) is 0 Å². The number of nitrogens with zero attached hydrogens (tertiary/aromatic N) is 4. The third kappa shape index (κ3) is 4.08.